The van der Waals surface area contributed by atoms with Gasteiger partial charge in [0.05, 0.1) is 11.8 Å². The average Bonchev–Trinajstić information content (AvgIpc) is 3.07. The summed E-state index contributed by atoms with van der Waals surface area (Å²) in [5.41, 5.74) is -1.33. The van der Waals surface area contributed by atoms with Crippen LogP contribution in [-0.2, 0) is 0 Å². The molecule has 0 radical (unpaired) electrons. The highest BCUT2D eigenvalue weighted by Crippen LogP contribution is 2.29. The molecule has 2 aromatic carbocycles. The molecule has 0 saturated heterocycles. The lowest BCUT2D eigenvalue weighted by Gasteiger charge is -2.16. The molecule has 10 heteroatoms. The Kier molecular flexibility index (Phi) is 4.33. The van der Waals surface area contributed by atoms with Crippen LogP contribution in [0.3, 0.4) is 0 Å². The maximum atomic E-state index is 14.3. The molecular weight excluding hydrogens is 390 g/mol. The zero-order chi connectivity index (χ0) is 20.9. The van der Waals surface area contributed by atoms with Crippen molar-refractivity contribution in [3.05, 3.63) is 69.8 Å². The fourth-order valence-corrected chi connectivity index (χ4v) is 3.04. The number of H-pyrrole nitrogens is 1. The highest BCUT2D eigenvalue weighted by molar-refractivity contribution is 6.04. The van der Waals surface area contributed by atoms with Gasteiger partial charge in [0.2, 0.25) is 0 Å². The molecule has 0 unspecified atom stereocenters. The van der Waals surface area contributed by atoms with E-state index in [4.69, 9.17) is 0 Å². The number of halogens is 4. The first-order valence-corrected chi connectivity index (χ1v) is 8.37. The number of nitrogens with zero attached hydrogens (tertiary/aromatic N) is 4. The van der Waals surface area contributed by atoms with Crippen LogP contribution in [-0.4, -0.2) is 35.0 Å². The highest BCUT2D eigenvalue weighted by atomic mass is 19.2. The Morgan fingerprint density at radius 3 is 2.38 bits per heavy atom. The molecule has 0 aliphatic rings. The Morgan fingerprint density at radius 1 is 1.07 bits per heavy atom. The van der Waals surface area contributed by atoms with Crippen molar-refractivity contribution in [3.63, 3.8) is 0 Å². The molecule has 0 bridgehead atoms. The molecule has 4 rings (SSSR count). The van der Waals surface area contributed by atoms with E-state index < -0.39 is 40.1 Å². The maximum absolute atomic E-state index is 14.3. The minimum Gasteiger partial charge on any atom is -0.373 e. The maximum Gasteiger partial charge on any atom is 0.298 e. The van der Waals surface area contributed by atoms with E-state index in [2.05, 4.69) is 15.1 Å². The Morgan fingerprint density at radius 2 is 1.72 bits per heavy atom. The van der Waals surface area contributed by atoms with Crippen LogP contribution in [0.15, 0.2) is 40.5 Å². The first kappa shape index (κ1) is 18.7. The second-order valence-corrected chi connectivity index (χ2v) is 6.45. The molecule has 2 heterocycles. The summed E-state index contributed by atoms with van der Waals surface area (Å²) in [7, 11) is 2.49. The van der Waals surface area contributed by atoms with Crippen LogP contribution in [0, 0.1) is 23.3 Å². The average molecular weight is 403 g/mol. The van der Waals surface area contributed by atoms with Gasteiger partial charge in [0, 0.05) is 25.0 Å². The summed E-state index contributed by atoms with van der Waals surface area (Å²) in [4.78, 5) is 20.6. The predicted octanol–water partition coefficient (Wildman–Crippen LogP) is 3.38. The Hall–Kier alpha value is -3.69. The molecular formula is C19H13F4N5O. The monoisotopic (exact) mass is 403 g/mol. The van der Waals surface area contributed by atoms with Crippen molar-refractivity contribution in [1.29, 1.82) is 0 Å². The summed E-state index contributed by atoms with van der Waals surface area (Å²) in [6.45, 7) is 0. The highest BCUT2D eigenvalue weighted by Gasteiger charge is 2.25. The number of aromatic amines is 1. The van der Waals surface area contributed by atoms with Crippen molar-refractivity contribution >= 4 is 33.8 Å². The van der Waals surface area contributed by atoms with Crippen molar-refractivity contribution in [2.24, 2.45) is 5.10 Å². The number of rotatable bonds is 3. The largest absolute Gasteiger partial charge is 0.373 e. The topological polar surface area (TPSA) is 66.3 Å². The summed E-state index contributed by atoms with van der Waals surface area (Å²) in [5.74, 6) is -6.37. The van der Waals surface area contributed by atoms with Gasteiger partial charge in [-0.3, -0.25) is 4.79 Å². The number of anilines is 1. The van der Waals surface area contributed by atoms with Crippen LogP contribution < -0.4 is 10.5 Å². The molecule has 6 nitrogen and oxygen atoms in total. The summed E-state index contributed by atoms with van der Waals surface area (Å²) in [6, 6.07) is 7.09. The minimum absolute atomic E-state index is 0.132. The van der Waals surface area contributed by atoms with E-state index >= 15 is 0 Å². The molecule has 1 N–H and O–H groups in total. The van der Waals surface area contributed by atoms with Crippen molar-refractivity contribution in [3.8, 4) is 0 Å². The summed E-state index contributed by atoms with van der Waals surface area (Å²) in [6.07, 6.45) is 1.59. The standard InChI is InChI=1S/C19H13F4N5O/c1-27(2)18-14(22)12(20)10(13(21)15(18)23)7-25-28-8-24-16-9-5-3-4-6-11(9)26-17(16)19(28)29/h3-8,26H,1-2H3. The summed E-state index contributed by atoms with van der Waals surface area (Å²) in [5, 5.41) is 4.36. The fraction of sp³-hybridized carbons (Fsp3) is 0.105. The number of para-hydroxylation sites is 1. The van der Waals surface area contributed by atoms with Crippen LogP contribution >= 0.6 is 0 Å². The smallest absolute Gasteiger partial charge is 0.298 e. The minimum atomic E-state index is -1.62. The van der Waals surface area contributed by atoms with Gasteiger partial charge in [-0.1, -0.05) is 18.2 Å². The molecule has 2 aromatic heterocycles. The lowest BCUT2D eigenvalue weighted by Crippen LogP contribution is -2.19. The molecule has 0 amide bonds. The third-order valence-electron chi connectivity index (χ3n) is 4.43. The van der Waals surface area contributed by atoms with Gasteiger partial charge in [-0.15, -0.1) is 0 Å². The van der Waals surface area contributed by atoms with E-state index in [1.54, 1.807) is 24.3 Å². The Labute approximate surface area is 160 Å². The van der Waals surface area contributed by atoms with Gasteiger partial charge in [-0.2, -0.15) is 9.78 Å². The van der Waals surface area contributed by atoms with Gasteiger partial charge < -0.3 is 9.88 Å². The van der Waals surface area contributed by atoms with Crippen molar-refractivity contribution in [2.45, 2.75) is 0 Å². The van der Waals surface area contributed by atoms with Crippen LogP contribution in [0.2, 0.25) is 0 Å². The van der Waals surface area contributed by atoms with E-state index in [1.165, 1.54) is 14.1 Å². The number of nitrogens with one attached hydrogen (secondary N) is 1. The summed E-state index contributed by atoms with van der Waals surface area (Å²) < 4.78 is 57.4. The molecule has 0 fully saturated rings. The normalized spacial score (nSPS) is 11.8. The number of benzene rings is 2. The Bertz CT molecular complexity index is 1330. The SMILES string of the molecule is CN(C)c1c(F)c(F)c(C=Nn2cnc3c([nH]c4ccccc43)c2=O)c(F)c1F. The van der Waals surface area contributed by atoms with Gasteiger partial charge in [-0.25, -0.2) is 22.5 Å². The molecule has 0 spiro atoms. The van der Waals surface area contributed by atoms with E-state index in [9.17, 15) is 22.4 Å². The Balaban J connectivity index is 1.84. The second kappa shape index (κ2) is 6.73. The third kappa shape index (κ3) is 2.84. The second-order valence-electron chi connectivity index (χ2n) is 6.45. The number of fused-ring (bicyclic) bond motifs is 3. The van der Waals surface area contributed by atoms with Crippen molar-refractivity contribution in [1.82, 2.24) is 14.6 Å². The number of hydrogen-bond acceptors (Lipinski definition) is 4. The van der Waals surface area contributed by atoms with E-state index in [0.717, 1.165) is 16.6 Å². The molecule has 0 atom stereocenters. The predicted molar refractivity (Wildman–Crippen MR) is 101 cm³/mol. The summed E-state index contributed by atoms with van der Waals surface area (Å²) >= 11 is 0. The number of hydrogen-bond donors (Lipinski definition) is 1. The van der Waals surface area contributed by atoms with Gasteiger partial charge in [-0.05, 0) is 6.07 Å². The van der Waals surface area contributed by atoms with E-state index in [0.29, 0.717) is 21.9 Å². The first-order valence-electron chi connectivity index (χ1n) is 8.37. The van der Waals surface area contributed by atoms with Gasteiger partial charge in [0.1, 0.15) is 23.0 Å². The third-order valence-corrected chi connectivity index (χ3v) is 4.43. The number of aromatic nitrogens is 3. The molecule has 0 aliphatic carbocycles. The molecule has 4 aromatic rings. The molecule has 0 aliphatic heterocycles. The van der Waals surface area contributed by atoms with Crippen LogP contribution in [0.5, 0.6) is 0 Å². The lowest BCUT2D eigenvalue weighted by molar-refractivity contribution is 0.453. The van der Waals surface area contributed by atoms with Crippen LogP contribution in [0.1, 0.15) is 5.56 Å². The van der Waals surface area contributed by atoms with Crippen LogP contribution in [0.4, 0.5) is 23.2 Å². The van der Waals surface area contributed by atoms with Crippen LogP contribution in [0.25, 0.3) is 21.9 Å². The van der Waals surface area contributed by atoms with Gasteiger partial charge >= 0.3 is 0 Å². The molecule has 0 saturated carbocycles. The van der Waals surface area contributed by atoms with Crippen molar-refractivity contribution < 1.29 is 17.6 Å². The zero-order valence-electron chi connectivity index (χ0n) is 15.2. The van der Waals surface area contributed by atoms with Gasteiger partial charge in [0.15, 0.2) is 23.3 Å². The first-order chi connectivity index (χ1) is 13.8. The lowest BCUT2D eigenvalue weighted by atomic mass is 10.1. The molecule has 29 heavy (non-hydrogen) atoms. The zero-order valence-corrected chi connectivity index (χ0v) is 15.2. The van der Waals surface area contributed by atoms with E-state index in [-0.39, 0.29) is 5.52 Å². The molecule has 148 valence electrons. The van der Waals surface area contributed by atoms with Gasteiger partial charge in [0.25, 0.3) is 5.56 Å². The fourth-order valence-electron chi connectivity index (χ4n) is 3.04. The van der Waals surface area contributed by atoms with Crippen molar-refractivity contribution in [2.75, 3.05) is 19.0 Å². The quantitative estimate of drug-likeness (QED) is 0.324. The van der Waals surface area contributed by atoms with E-state index in [1.807, 2.05) is 0 Å².